The smallest absolute Gasteiger partial charge is 0.296 e. The van der Waals surface area contributed by atoms with Crippen molar-refractivity contribution in [3.8, 4) is 11.5 Å². The van der Waals surface area contributed by atoms with E-state index >= 15 is 0 Å². The van der Waals surface area contributed by atoms with E-state index in [0.717, 1.165) is 16.9 Å². The number of aryl methyl sites for hydroxylation is 2. The number of carbonyl (C=O) groups is 2. The van der Waals surface area contributed by atoms with E-state index in [0.29, 0.717) is 49.3 Å². The second-order valence-electron chi connectivity index (χ2n) is 9.32. The molecule has 1 N–H and O–H groups in total. The second-order valence-corrected chi connectivity index (χ2v) is 12.7. The third-order valence-electron chi connectivity index (χ3n) is 6.38. The third kappa shape index (κ3) is 6.33. The third-order valence-corrected chi connectivity index (χ3v) is 9.58. The molecule has 2 aromatic carbocycles. The Morgan fingerprint density at radius 1 is 1.14 bits per heavy atom. The van der Waals surface area contributed by atoms with Crippen LogP contribution in [0.4, 0.5) is 9.52 Å². The van der Waals surface area contributed by atoms with Gasteiger partial charge in [-0.2, -0.15) is 0 Å². The number of hydrogen-bond acceptors (Lipinski definition) is 11. The van der Waals surface area contributed by atoms with Crippen LogP contribution >= 0.6 is 34.4 Å². The second kappa shape index (κ2) is 13.1. The Bertz CT molecular complexity index is 1720. The van der Waals surface area contributed by atoms with E-state index in [-0.39, 0.29) is 23.1 Å². The van der Waals surface area contributed by atoms with Gasteiger partial charge in [0.1, 0.15) is 12.4 Å². The molecule has 13 heteroatoms. The average molecular weight is 639 g/mol. The maximum atomic E-state index is 13.9. The van der Waals surface area contributed by atoms with E-state index in [4.69, 9.17) is 9.47 Å². The van der Waals surface area contributed by atoms with Crippen molar-refractivity contribution in [2.24, 2.45) is 0 Å². The van der Waals surface area contributed by atoms with Crippen molar-refractivity contribution in [2.75, 3.05) is 18.1 Å². The highest BCUT2D eigenvalue weighted by atomic mass is 32.2. The van der Waals surface area contributed by atoms with Gasteiger partial charge in [-0.05, 0) is 56.2 Å². The normalized spacial score (nSPS) is 14.8. The molecule has 1 amide bonds. The Labute approximate surface area is 259 Å². The number of benzene rings is 2. The summed E-state index contributed by atoms with van der Waals surface area (Å²) in [7, 11) is 0. The molecule has 43 heavy (non-hydrogen) atoms. The lowest BCUT2D eigenvalue weighted by atomic mass is 9.95. The molecule has 1 aliphatic rings. The van der Waals surface area contributed by atoms with Gasteiger partial charge in [0.15, 0.2) is 21.6 Å². The number of carbonyl (C=O) groups excluding carboxylic acids is 2. The summed E-state index contributed by atoms with van der Waals surface area (Å²) < 4.78 is 25.4. The van der Waals surface area contributed by atoms with Gasteiger partial charge in [-0.25, -0.2) is 9.37 Å². The Kier molecular flexibility index (Phi) is 9.23. The zero-order valence-electron chi connectivity index (χ0n) is 23.5. The molecule has 1 unspecified atom stereocenters. The van der Waals surface area contributed by atoms with Crippen molar-refractivity contribution in [1.29, 1.82) is 0 Å². The zero-order chi connectivity index (χ0) is 30.7. The van der Waals surface area contributed by atoms with E-state index < -0.39 is 23.5 Å². The Morgan fingerprint density at radius 3 is 2.58 bits per heavy atom. The summed E-state index contributed by atoms with van der Waals surface area (Å²) in [5.41, 5.74) is 1.82. The summed E-state index contributed by atoms with van der Waals surface area (Å²) in [4.78, 5) is 33.6. The molecule has 0 spiro atoms. The molecular formula is C30H27FN4O5S3. The van der Waals surface area contributed by atoms with Crippen LogP contribution in [0.25, 0.3) is 0 Å². The number of aromatic nitrogens is 3. The number of anilines is 1. The van der Waals surface area contributed by atoms with Gasteiger partial charge in [-0.1, -0.05) is 54.0 Å². The molecule has 9 nitrogen and oxygen atoms in total. The van der Waals surface area contributed by atoms with Crippen LogP contribution in [0.5, 0.6) is 11.5 Å². The van der Waals surface area contributed by atoms with Crippen LogP contribution in [0.2, 0.25) is 0 Å². The molecule has 0 radical (unpaired) electrons. The fourth-order valence-electron chi connectivity index (χ4n) is 4.53. The quantitative estimate of drug-likeness (QED) is 0.0775. The molecule has 0 fully saturated rings. The highest BCUT2D eigenvalue weighted by molar-refractivity contribution is 8.00. The number of thioether (sulfide) groups is 1. The van der Waals surface area contributed by atoms with Crippen LogP contribution in [0.3, 0.4) is 0 Å². The van der Waals surface area contributed by atoms with Crippen LogP contribution in [0.1, 0.15) is 44.5 Å². The van der Waals surface area contributed by atoms with Gasteiger partial charge < -0.3 is 14.6 Å². The predicted octanol–water partition coefficient (Wildman–Crippen LogP) is 6.79. The minimum absolute atomic E-state index is 0.0883. The molecule has 1 aliphatic heterocycles. The number of ketones is 1. The Morgan fingerprint density at radius 2 is 1.91 bits per heavy atom. The number of Topliss-reactive ketones (excluding diaryl/α,β-unsaturated/α-hetero) is 1. The number of ether oxygens (including phenoxy) is 2. The number of amides is 1. The molecule has 1 atom stereocenters. The first-order valence-corrected chi connectivity index (χ1v) is 15.8. The van der Waals surface area contributed by atoms with E-state index in [9.17, 15) is 19.1 Å². The first-order chi connectivity index (χ1) is 20.7. The fraction of sp³-hybridized carbons (Fsp3) is 0.233. The Hall–Kier alpha value is -4.07. The Balaban J connectivity index is 1.55. The van der Waals surface area contributed by atoms with Crippen molar-refractivity contribution in [3.05, 3.63) is 99.0 Å². The minimum atomic E-state index is -1.03. The van der Waals surface area contributed by atoms with Crippen LogP contribution in [-0.4, -0.2) is 45.2 Å². The van der Waals surface area contributed by atoms with Crippen molar-refractivity contribution in [1.82, 2.24) is 15.2 Å². The standard InChI is InChI=1S/C30H27FN4O5S3/c1-5-13-40-21-12-9-19(14-22(21)39-6-2)24-23(25(36)27-16(3)32-17(4)42-27)26(37)28(38)35(24)29-33-34-30(43-29)41-15-18-7-10-20(31)11-8-18/h5,7-12,14,24,37H,1,6,13,15H2,2-4H3. The summed E-state index contributed by atoms with van der Waals surface area (Å²) in [5, 5.41) is 20.6. The molecule has 0 aliphatic carbocycles. The summed E-state index contributed by atoms with van der Waals surface area (Å²) in [6, 6.07) is 10.2. The molecule has 5 rings (SSSR count). The highest BCUT2D eigenvalue weighted by Gasteiger charge is 2.47. The molecular weight excluding hydrogens is 612 g/mol. The number of hydrogen-bond donors (Lipinski definition) is 1. The molecule has 2 aromatic heterocycles. The maximum Gasteiger partial charge on any atom is 0.296 e. The van der Waals surface area contributed by atoms with Crippen molar-refractivity contribution < 1.29 is 28.6 Å². The summed E-state index contributed by atoms with van der Waals surface area (Å²) in [5.74, 6) is -0.879. The zero-order valence-corrected chi connectivity index (χ0v) is 25.9. The number of nitrogens with zero attached hydrogens (tertiary/aromatic N) is 4. The van der Waals surface area contributed by atoms with Gasteiger partial charge in [0, 0.05) is 5.75 Å². The lowest BCUT2D eigenvalue weighted by Crippen LogP contribution is -2.31. The maximum absolute atomic E-state index is 13.9. The summed E-state index contributed by atoms with van der Waals surface area (Å²) >= 11 is 3.72. The molecule has 222 valence electrons. The number of aliphatic hydroxyl groups excluding tert-OH is 1. The lowest BCUT2D eigenvalue weighted by Gasteiger charge is -2.25. The number of rotatable bonds is 12. The summed E-state index contributed by atoms with van der Waals surface area (Å²) in [6.07, 6.45) is 1.61. The monoisotopic (exact) mass is 638 g/mol. The van der Waals surface area contributed by atoms with Crippen molar-refractivity contribution in [2.45, 2.75) is 36.9 Å². The first-order valence-electron chi connectivity index (χ1n) is 13.2. The molecule has 3 heterocycles. The van der Waals surface area contributed by atoms with E-state index in [1.165, 1.54) is 40.1 Å². The molecule has 0 saturated heterocycles. The highest BCUT2D eigenvalue weighted by Crippen LogP contribution is 2.46. The topological polar surface area (TPSA) is 115 Å². The number of halogens is 1. The van der Waals surface area contributed by atoms with Gasteiger partial charge in [0.2, 0.25) is 10.9 Å². The van der Waals surface area contributed by atoms with Gasteiger partial charge in [0.25, 0.3) is 5.91 Å². The van der Waals surface area contributed by atoms with Crippen LogP contribution in [-0.2, 0) is 10.5 Å². The van der Waals surface area contributed by atoms with E-state index in [1.807, 2.05) is 6.92 Å². The predicted molar refractivity (Wildman–Crippen MR) is 165 cm³/mol. The fourth-order valence-corrected chi connectivity index (χ4v) is 7.23. The largest absolute Gasteiger partial charge is 0.503 e. The van der Waals surface area contributed by atoms with Gasteiger partial charge in [0.05, 0.1) is 33.8 Å². The number of thiazole rings is 1. The van der Waals surface area contributed by atoms with E-state index in [2.05, 4.69) is 21.8 Å². The van der Waals surface area contributed by atoms with E-state index in [1.54, 1.807) is 50.3 Å². The van der Waals surface area contributed by atoms with Gasteiger partial charge >= 0.3 is 0 Å². The van der Waals surface area contributed by atoms with Crippen LogP contribution in [0.15, 0.2) is 70.8 Å². The lowest BCUT2D eigenvalue weighted by molar-refractivity contribution is -0.117. The first kappa shape index (κ1) is 30.4. The van der Waals surface area contributed by atoms with Gasteiger partial charge in [-0.3, -0.25) is 14.5 Å². The minimum Gasteiger partial charge on any atom is -0.503 e. The van der Waals surface area contributed by atoms with Gasteiger partial charge in [-0.15, -0.1) is 21.5 Å². The van der Waals surface area contributed by atoms with Crippen molar-refractivity contribution >= 4 is 51.3 Å². The van der Waals surface area contributed by atoms with Crippen molar-refractivity contribution in [3.63, 3.8) is 0 Å². The molecule has 4 aromatic rings. The van der Waals surface area contributed by atoms with Crippen LogP contribution < -0.4 is 14.4 Å². The van der Waals surface area contributed by atoms with Crippen LogP contribution in [0, 0.1) is 19.7 Å². The molecule has 0 bridgehead atoms. The summed E-state index contributed by atoms with van der Waals surface area (Å²) in [6.45, 7) is 9.61. The SMILES string of the molecule is C=CCOc1ccc(C2C(C(=O)c3sc(C)nc3C)=C(O)C(=O)N2c2nnc(SCc3ccc(F)cc3)s2)cc1OCC. The average Bonchev–Trinajstić information content (AvgIpc) is 3.67. The number of aliphatic hydroxyl groups is 1. The molecule has 0 saturated carbocycles.